The Morgan fingerprint density at radius 1 is 1.10 bits per heavy atom. The minimum absolute atomic E-state index is 0.118. The van der Waals surface area contributed by atoms with Gasteiger partial charge in [-0.1, -0.05) is 18.2 Å². The molecule has 0 amide bonds. The third kappa shape index (κ3) is 6.52. The van der Waals surface area contributed by atoms with Gasteiger partial charge in [-0.3, -0.25) is 4.99 Å². The van der Waals surface area contributed by atoms with Crippen molar-refractivity contribution in [1.82, 2.24) is 10.6 Å². The van der Waals surface area contributed by atoms with Gasteiger partial charge in [0, 0.05) is 32.1 Å². The van der Waals surface area contributed by atoms with Crippen LogP contribution >= 0.6 is 0 Å². The summed E-state index contributed by atoms with van der Waals surface area (Å²) in [7, 11) is 3.40. The van der Waals surface area contributed by atoms with Gasteiger partial charge in [-0.25, -0.2) is 0 Å². The van der Waals surface area contributed by atoms with Crippen molar-refractivity contribution >= 4 is 5.96 Å². The molecule has 0 aromatic heterocycles. The van der Waals surface area contributed by atoms with Crippen molar-refractivity contribution in [2.24, 2.45) is 4.99 Å². The molecule has 3 rings (SSSR count). The van der Waals surface area contributed by atoms with E-state index in [9.17, 15) is 0 Å². The first kappa shape index (κ1) is 22.7. The van der Waals surface area contributed by atoms with Gasteiger partial charge in [0.2, 0.25) is 0 Å². The van der Waals surface area contributed by atoms with Crippen molar-refractivity contribution in [3.05, 3.63) is 53.1 Å². The lowest BCUT2D eigenvalue weighted by Crippen LogP contribution is -2.36. The summed E-state index contributed by atoms with van der Waals surface area (Å²) in [5.41, 5.74) is 3.33. The fourth-order valence-corrected chi connectivity index (χ4v) is 3.39. The molecule has 7 heteroatoms. The van der Waals surface area contributed by atoms with Crippen LogP contribution in [0, 0.1) is 6.92 Å². The highest BCUT2D eigenvalue weighted by Crippen LogP contribution is 2.28. The first-order valence-electron chi connectivity index (χ1n) is 10.7. The van der Waals surface area contributed by atoms with Crippen molar-refractivity contribution in [2.45, 2.75) is 39.5 Å². The molecule has 1 saturated heterocycles. The van der Waals surface area contributed by atoms with E-state index < -0.39 is 0 Å². The van der Waals surface area contributed by atoms with E-state index in [0.29, 0.717) is 32.3 Å². The van der Waals surface area contributed by atoms with Crippen LogP contribution < -0.4 is 24.8 Å². The first-order chi connectivity index (χ1) is 15.1. The molecule has 2 N–H and O–H groups in total. The number of rotatable bonds is 9. The summed E-state index contributed by atoms with van der Waals surface area (Å²) >= 11 is 0. The standard InChI is InChI=1S/C24H33N3O4/c1-5-30-23-13-18(7-9-21(23)28-4)14-26-24(25-3)27-15-19-8-6-17(2)12-22(19)31-20-10-11-29-16-20/h6-9,12-13,20H,5,10-11,14-16H2,1-4H3,(H2,25,26,27). The second-order valence-corrected chi connectivity index (χ2v) is 7.41. The Hall–Kier alpha value is -2.93. The Labute approximate surface area is 184 Å². The van der Waals surface area contributed by atoms with Gasteiger partial charge in [0.05, 0.1) is 26.9 Å². The highest BCUT2D eigenvalue weighted by atomic mass is 16.5. The molecule has 1 fully saturated rings. The molecule has 0 aliphatic carbocycles. The predicted molar refractivity (Wildman–Crippen MR) is 122 cm³/mol. The zero-order valence-electron chi connectivity index (χ0n) is 18.9. The van der Waals surface area contributed by atoms with Crippen LogP contribution in [0.5, 0.6) is 17.2 Å². The van der Waals surface area contributed by atoms with Gasteiger partial charge >= 0.3 is 0 Å². The lowest BCUT2D eigenvalue weighted by atomic mass is 10.1. The predicted octanol–water partition coefficient (Wildman–Crippen LogP) is 3.44. The second-order valence-electron chi connectivity index (χ2n) is 7.41. The van der Waals surface area contributed by atoms with Crippen LogP contribution in [-0.4, -0.2) is 46.0 Å². The Morgan fingerprint density at radius 2 is 1.94 bits per heavy atom. The number of ether oxygens (including phenoxy) is 4. The number of hydrogen-bond donors (Lipinski definition) is 2. The molecule has 1 atom stereocenters. The summed E-state index contributed by atoms with van der Waals surface area (Å²) in [4.78, 5) is 4.34. The molecule has 1 unspecified atom stereocenters. The Morgan fingerprint density at radius 3 is 2.65 bits per heavy atom. The number of methoxy groups -OCH3 is 1. The zero-order valence-corrected chi connectivity index (χ0v) is 18.9. The fraction of sp³-hybridized carbons (Fsp3) is 0.458. The number of nitrogens with zero attached hydrogens (tertiary/aromatic N) is 1. The number of benzene rings is 2. The van der Waals surface area contributed by atoms with E-state index in [-0.39, 0.29) is 6.10 Å². The van der Waals surface area contributed by atoms with Crippen LogP contribution in [0.3, 0.4) is 0 Å². The van der Waals surface area contributed by atoms with E-state index in [1.54, 1.807) is 14.2 Å². The van der Waals surface area contributed by atoms with Crippen molar-refractivity contribution in [2.75, 3.05) is 34.0 Å². The maximum absolute atomic E-state index is 6.19. The average Bonchev–Trinajstić information content (AvgIpc) is 3.28. The summed E-state index contributed by atoms with van der Waals surface area (Å²) in [6.45, 7) is 7.24. The number of aliphatic imine (C=N–C) groups is 1. The smallest absolute Gasteiger partial charge is 0.191 e. The van der Waals surface area contributed by atoms with Crippen LogP contribution in [0.15, 0.2) is 41.4 Å². The summed E-state index contributed by atoms with van der Waals surface area (Å²) in [5, 5.41) is 6.72. The quantitative estimate of drug-likeness (QED) is 0.472. The van der Waals surface area contributed by atoms with E-state index >= 15 is 0 Å². The number of nitrogens with one attached hydrogen (secondary N) is 2. The van der Waals surface area contributed by atoms with Crippen LogP contribution in [-0.2, 0) is 17.8 Å². The molecule has 31 heavy (non-hydrogen) atoms. The van der Waals surface area contributed by atoms with E-state index in [2.05, 4.69) is 40.7 Å². The van der Waals surface area contributed by atoms with Gasteiger partial charge in [0.1, 0.15) is 11.9 Å². The number of guanidine groups is 1. The van der Waals surface area contributed by atoms with E-state index in [1.165, 1.54) is 5.56 Å². The average molecular weight is 428 g/mol. The van der Waals surface area contributed by atoms with Crippen LogP contribution in [0.1, 0.15) is 30.0 Å². The number of aryl methyl sites for hydroxylation is 1. The topological polar surface area (TPSA) is 73.3 Å². The van der Waals surface area contributed by atoms with Crippen LogP contribution in [0.25, 0.3) is 0 Å². The van der Waals surface area contributed by atoms with Crippen LogP contribution in [0.4, 0.5) is 0 Å². The molecule has 1 aliphatic rings. The highest BCUT2D eigenvalue weighted by molar-refractivity contribution is 5.79. The fourth-order valence-electron chi connectivity index (χ4n) is 3.39. The molecule has 0 bridgehead atoms. The van der Waals surface area contributed by atoms with Gasteiger partial charge in [-0.15, -0.1) is 0 Å². The third-order valence-electron chi connectivity index (χ3n) is 5.06. The molecular weight excluding hydrogens is 394 g/mol. The van der Waals surface area contributed by atoms with Crippen molar-refractivity contribution < 1.29 is 18.9 Å². The maximum Gasteiger partial charge on any atom is 0.191 e. The molecule has 0 saturated carbocycles. The largest absolute Gasteiger partial charge is 0.493 e. The molecule has 2 aromatic rings. The van der Waals surface area contributed by atoms with Crippen molar-refractivity contribution in [1.29, 1.82) is 0 Å². The van der Waals surface area contributed by atoms with Gasteiger partial charge in [0.25, 0.3) is 0 Å². The van der Waals surface area contributed by atoms with Crippen LogP contribution in [0.2, 0.25) is 0 Å². The van der Waals surface area contributed by atoms with Gasteiger partial charge in [0.15, 0.2) is 17.5 Å². The lowest BCUT2D eigenvalue weighted by Gasteiger charge is -2.18. The highest BCUT2D eigenvalue weighted by Gasteiger charge is 2.18. The Kier molecular flexibility index (Phi) is 8.41. The van der Waals surface area contributed by atoms with Gasteiger partial charge in [-0.05, 0) is 43.2 Å². The Bertz CT molecular complexity index is 879. The molecule has 2 aromatic carbocycles. The van der Waals surface area contributed by atoms with Crippen molar-refractivity contribution in [3.8, 4) is 17.2 Å². The summed E-state index contributed by atoms with van der Waals surface area (Å²) in [6.07, 6.45) is 1.04. The minimum Gasteiger partial charge on any atom is -0.493 e. The first-order valence-corrected chi connectivity index (χ1v) is 10.7. The molecule has 0 radical (unpaired) electrons. The third-order valence-corrected chi connectivity index (χ3v) is 5.06. The van der Waals surface area contributed by atoms with E-state index in [4.69, 9.17) is 18.9 Å². The van der Waals surface area contributed by atoms with E-state index in [1.807, 2.05) is 25.1 Å². The molecule has 7 nitrogen and oxygen atoms in total. The summed E-state index contributed by atoms with van der Waals surface area (Å²) in [5.74, 6) is 3.08. The molecule has 1 heterocycles. The number of hydrogen-bond acceptors (Lipinski definition) is 5. The van der Waals surface area contributed by atoms with E-state index in [0.717, 1.165) is 41.4 Å². The maximum atomic E-state index is 6.19. The van der Waals surface area contributed by atoms with Gasteiger partial charge in [-0.2, -0.15) is 0 Å². The Balaban J connectivity index is 1.59. The minimum atomic E-state index is 0.118. The molecule has 168 valence electrons. The zero-order chi connectivity index (χ0) is 22.1. The monoisotopic (exact) mass is 427 g/mol. The molecular formula is C24H33N3O4. The second kappa shape index (κ2) is 11.5. The SMILES string of the molecule is CCOc1cc(CNC(=NC)NCc2ccc(C)cc2OC2CCOC2)ccc1OC. The van der Waals surface area contributed by atoms with Crippen molar-refractivity contribution in [3.63, 3.8) is 0 Å². The normalized spacial score (nSPS) is 16.1. The molecule has 0 spiro atoms. The lowest BCUT2D eigenvalue weighted by molar-refractivity contribution is 0.140. The summed E-state index contributed by atoms with van der Waals surface area (Å²) < 4.78 is 22.6. The summed E-state index contributed by atoms with van der Waals surface area (Å²) in [6, 6.07) is 12.2. The van der Waals surface area contributed by atoms with Gasteiger partial charge < -0.3 is 29.6 Å². The molecule has 1 aliphatic heterocycles.